The maximum Gasteiger partial charge on any atom is 0.323 e. The number of aromatic nitrogens is 2. The van der Waals surface area contributed by atoms with Crippen LogP contribution in [0.15, 0.2) is 36.4 Å². The Kier molecular flexibility index (Phi) is 5.23. The number of amides is 3. The largest absolute Gasteiger partial charge is 0.373 e. The molecule has 1 atom stereocenters. The number of nitrogens with one attached hydrogen (secondary N) is 1. The van der Waals surface area contributed by atoms with Crippen LogP contribution in [-0.4, -0.2) is 57.2 Å². The zero-order valence-corrected chi connectivity index (χ0v) is 17.7. The van der Waals surface area contributed by atoms with E-state index >= 15 is 0 Å². The van der Waals surface area contributed by atoms with Gasteiger partial charge in [0, 0.05) is 26.2 Å². The summed E-state index contributed by atoms with van der Waals surface area (Å²) >= 11 is 0. The van der Waals surface area contributed by atoms with Crippen LogP contribution in [0.2, 0.25) is 0 Å². The number of ether oxygens (including phenoxy) is 1. The molecule has 3 aliphatic rings. The van der Waals surface area contributed by atoms with Crippen molar-refractivity contribution in [3.8, 4) is 6.07 Å². The normalized spacial score (nSPS) is 21.3. The molecular weight excluding hydrogens is 408 g/mol. The molecule has 1 spiro atoms. The lowest BCUT2D eigenvalue weighted by atomic mass is 9.86. The van der Waals surface area contributed by atoms with Crippen LogP contribution in [0.1, 0.15) is 40.9 Å². The number of urea groups is 1. The molecule has 32 heavy (non-hydrogen) atoms. The van der Waals surface area contributed by atoms with Gasteiger partial charge in [0.2, 0.25) is 0 Å². The van der Waals surface area contributed by atoms with Crippen LogP contribution in [0.4, 0.5) is 10.6 Å². The van der Waals surface area contributed by atoms with Gasteiger partial charge in [0.15, 0.2) is 11.5 Å². The molecule has 0 radical (unpaired) electrons. The molecule has 9 heteroatoms. The third kappa shape index (κ3) is 3.89. The van der Waals surface area contributed by atoms with Gasteiger partial charge >= 0.3 is 6.03 Å². The maximum atomic E-state index is 12.8. The van der Waals surface area contributed by atoms with E-state index in [1.54, 1.807) is 21.9 Å². The number of carbonyl (C=O) groups is 2. The van der Waals surface area contributed by atoms with E-state index in [4.69, 9.17) is 10.00 Å². The fourth-order valence-electron chi connectivity index (χ4n) is 4.73. The molecule has 2 saturated heterocycles. The average Bonchev–Trinajstić information content (AvgIpc) is 3.44. The highest BCUT2D eigenvalue weighted by Crippen LogP contribution is 2.38. The maximum absolute atomic E-state index is 12.8. The van der Waals surface area contributed by atoms with Gasteiger partial charge in [0.05, 0.1) is 24.2 Å². The summed E-state index contributed by atoms with van der Waals surface area (Å²) in [7, 11) is 0. The van der Waals surface area contributed by atoms with Crippen molar-refractivity contribution in [3.63, 3.8) is 0 Å². The Hall–Kier alpha value is -3.51. The smallest absolute Gasteiger partial charge is 0.323 e. The van der Waals surface area contributed by atoms with Crippen molar-refractivity contribution >= 4 is 17.8 Å². The minimum Gasteiger partial charge on any atom is -0.373 e. The second-order valence-electron chi connectivity index (χ2n) is 8.68. The molecule has 2 aromatic rings. The van der Waals surface area contributed by atoms with Gasteiger partial charge in [-0.1, -0.05) is 24.3 Å². The molecule has 5 rings (SSSR count). The predicted molar refractivity (Wildman–Crippen MR) is 114 cm³/mol. The van der Waals surface area contributed by atoms with Crippen LogP contribution in [0.5, 0.6) is 0 Å². The van der Waals surface area contributed by atoms with Crippen LogP contribution in [0.3, 0.4) is 0 Å². The lowest BCUT2D eigenvalue weighted by molar-refractivity contribution is -0.0390. The topological polar surface area (TPSA) is 111 Å². The van der Waals surface area contributed by atoms with Crippen molar-refractivity contribution < 1.29 is 14.3 Å². The summed E-state index contributed by atoms with van der Waals surface area (Å²) in [4.78, 5) is 28.8. The lowest BCUT2D eigenvalue weighted by Crippen LogP contribution is -2.46. The summed E-state index contributed by atoms with van der Waals surface area (Å²) in [5.74, 6) is 0.0673. The number of rotatable bonds is 2. The zero-order chi connectivity index (χ0) is 22.1. The molecule has 0 saturated carbocycles. The Morgan fingerprint density at radius 3 is 2.38 bits per heavy atom. The van der Waals surface area contributed by atoms with Crippen molar-refractivity contribution in [2.24, 2.45) is 5.92 Å². The summed E-state index contributed by atoms with van der Waals surface area (Å²) in [5, 5.41) is 19.9. The number of carbonyl (C=O) groups excluding carboxylic acids is 2. The van der Waals surface area contributed by atoms with E-state index in [-0.39, 0.29) is 29.2 Å². The van der Waals surface area contributed by atoms with E-state index < -0.39 is 0 Å². The van der Waals surface area contributed by atoms with Gasteiger partial charge in [-0.15, -0.1) is 10.2 Å². The highest BCUT2D eigenvalue weighted by atomic mass is 16.5. The summed E-state index contributed by atoms with van der Waals surface area (Å²) in [6, 6.07) is 13.2. The van der Waals surface area contributed by atoms with Gasteiger partial charge < -0.3 is 14.5 Å². The van der Waals surface area contributed by atoms with Gasteiger partial charge in [-0.25, -0.2) is 4.79 Å². The SMILES string of the molecule is N#CC1COC2(CCN(C(=O)c3ccc(NC(=O)N4Cc5ccccc5C4)nn3)CC2)C1. The minimum absolute atomic E-state index is 0.0550. The molecule has 164 valence electrons. The Balaban J connectivity index is 1.15. The molecule has 3 amide bonds. The third-order valence-corrected chi connectivity index (χ3v) is 6.60. The summed E-state index contributed by atoms with van der Waals surface area (Å²) < 4.78 is 5.90. The van der Waals surface area contributed by atoms with Crippen molar-refractivity contribution in [1.82, 2.24) is 20.0 Å². The summed E-state index contributed by atoms with van der Waals surface area (Å²) in [6.45, 7) is 2.72. The molecule has 3 aliphatic heterocycles. The van der Waals surface area contributed by atoms with E-state index in [1.807, 2.05) is 24.3 Å². The monoisotopic (exact) mass is 432 g/mol. The van der Waals surface area contributed by atoms with Gasteiger partial charge in [-0.2, -0.15) is 5.26 Å². The molecule has 0 aliphatic carbocycles. The van der Waals surface area contributed by atoms with Crippen molar-refractivity contribution in [2.75, 3.05) is 25.0 Å². The summed E-state index contributed by atoms with van der Waals surface area (Å²) in [5.41, 5.74) is 2.26. The average molecular weight is 432 g/mol. The standard InChI is InChI=1S/C23H24N6O3/c24-12-16-11-23(32-15-16)7-9-28(10-8-23)21(30)19-5-6-20(27-26-19)25-22(31)29-13-17-3-1-2-4-18(17)14-29/h1-6,16H,7-11,13-15H2,(H,25,27,31). The molecule has 1 N–H and O–H groups in total. The van der Waals surface area contributed by atoms with Crippen molar-refractivity contribution in [3.05, 3.63) is 53.2 Å². The first-order chi connectivity index (χ1) is 15.5. The molecule has 2 fully saturated rings. The molecule has 1 unspecified atom stereocenters. The van der Waals surface area contributed by atoms with Crippen molar-refractivity contribution in [2.45, 2.75) is 38.0 Å². The number of benzene rings is 1. The fourth-order valence-corrected chi connectivity index (χ4v) is 4.73. The van der Waals surface area contributed by atoms with E-state index in [0.29, 0.717) is 38.6 Å². The molecule has 1 aromatic heterocycles. The number of anilines is 1. The number of nitrogens with zero attached hydrogens (tertiary/aromatic N) is 5. The first-order valence-electron chi connectivity index (χ1n) is 10.8. The number of nitriles is 1. The number of likely N-dealkylation sites (tertiary alicyclic amines) is 1. The molecule has 0 bridgehead atoms. The third-order valence-electron chi connectivity index (χ3n) is 6.60. The molecule has 1 aromatic carbocycles. The number of piperidine rings is 1. The number of hydrogen-bond donors (Lipinski definition) is 1. The van der Waals surface area contributed by atoms with Crippen LogP contribution in [0, 0.1) is 17.2 Å². The molecule has 9 nitrogen and oxygen atoms in total. The van der Waals surface area contributed by atoms with E-state index in [9.17, 15) is 9.59 Å². The van der Waals surface area contributed by atoms with Crippen LogP contribution in [0.25, 0.3) is 0 Å². The fraction of sp³-hybridized carbons (Fsp3) is 0.435. The first kappa shape index (κ1) is 20.4. The van der Waals surface area contributed by atoms with Crippen LogP contribution in [-0.2, 0) is 17.8 Å². The van der Waals surface area contributed by atoms with Gasteiger partial charge in [-0.05, 0) is 42.5 Å². The minimum atomic E-state index is -0.272. The highest BCUT2D eigenvalue weighted by molar-refractivity contribution is 5.93. The number of fused-ring (bicyclic) bond motifs is 1. The van der Waals surface area contributed by atoms with Gasteiger partial charge in [0.1, 0.15) is 0 Å². The Morgan fingerprint density at radius 1 is 1.06 bits per heavy atom. The Bertz CT molecular complexity index is 1050. The van der Waals surface area contributed by atoms with E-state index in [0.717, 1.165) is 30.4 Å². The second kappa shape index (κ2) is 8.20. The molecular formula is C23H24N6O3. The van der Waals surface area contributed by atoms with E-state index in [2.05, 4.69) is 21.6 Å². The van der Waals surface area contributed by atoms with Crippen molar-refractivity contribution in [1.29, 1.82) is 5.26 Å². The second-order valence-corrected chi connectivity index (χ2v) is 8.68. The van der Waals surface area contributed by atoms with Crippen LogP contribution < -0.4 is 5.32 Å². The lowest BCUT2D eigenvalue weighted by Gasteiger charge is -2.38. The quantitative estimate of drug-likeness (QED) is 0.781. The Labute approximate surface area is 186 Å². The highest BCUT2D eigenvalue weighted by Gasteiger charge is 2.43. The Morgan fingerprint density at radius 2 is 1.78 bits per heavy atom. The summed E-state index contributed by atoms with van der Waals surface area (Å²) in [6.07, 6.45) is 2.18. The number of hydrogen-bond acceptors (Lipinski definition) is 6. The van der Waals surface area contributed by atoms with Crippen LogP contribution >= 0.6 is 0 Å². The van der Waals surface area contributed by atoms with E-state index in [1.165, 1.54) is 0 Å². The van der Waals surface area contributed by atoms with Gasteiger partial charge in [-0.3, -0.25) is 10.1 Å². The molecule has 4 heterocycles. The van der Waals surface area contributed by atoms with Gasteiger partial charge in [0.25, 0.3) is 5.91 Å². The zero-order valence-electron chi connectivity index (χ0n) is 17.7. The first-order valence-corrected chi connectivity index (χ1v) is 10.8. The predicted octanol–water partition coefficient (Wildman–Crippen LogP) is 2.56.